The van der Waals surface area contributed by atoms with Crippen molar-refractivity contribution in [2.24, 2.45) is 0 Å². The molecule has 1 rings (SSSR count). The first kappa shape index (κ1) is 18.4. The van der Waals surface area contributed by atoms with Crippen LogP contribution in [0.15, 0.2) is 23.1 Å². The SMILES string of the molecule is CCN(CC)CCCNS(=O)(=O)c1ccc(Cl)c(CO)c1. The van der Waals surface area contributed by atoms with Gasteiger partial charge in [-0.3, -0.25) is 0 Å². The largest absolute Gasteiger partial charge is 0.392 e. The van der Waals surface area contributed by atoms with Crippen molar-refractivity contribution in [3.05, 3.63) is 28.8 Å². The molecule has 0 aromatic heterocycles. The first-order chi connectivity index (χ1) is 9.94. The molecule has 0 atom stereocenters. The summed E-state index contributed by atoms with van der Waals surface area (Å²) in [5.74, 6) is 0. The number of nitrogens with one attached hydrogen (secondary N) is 1. The lowest BCUT2D eigenvalue weighted by Crippen LogP contribution is -2.30. The molecular weight excluding hydrogens is 312 g/mol. The molecule has 0 saturated carbocycles. The Morgan fingerprint density at radius 1 is 1.29 bits per heavy atom. The van der Waals surface area contributed by atoms with E-state index in [2.05, 4.69) is 23.5 Å². The van der Waals surface area contributed by atoms with Gasteiger partial charge in [0.15, 0.2) is 0 Å². The summed E-state index contributed by atoms with van der Waals surface area (Å²) < 4.78 is 26.9. The van der Waals surface area contributed by atoms with Crippen molar-refractivity contribution in [1.29, 1.82) is 0 Å². The van der Waals surface area contributed by atoms with Crippen molar-refractivity contribution in [2.75, 3.05) is 26.2 Å². The highest BCUT2D eigenvalue weighted by atomic mass is 35.5. The Morgan fingerprint density at radius 2 is 1.95 bits per heavy atom. The summed E-state index contributed by atoms with van der Waals surface area (Å²) in [4.78, 5) is 2.36. The lowest BCUT2D eigenvalue weighted by Gasteiger charge is -2.17. The quantitative estimate of drug-likeness (QED) is 0.676. The lowest BCUT2D eigenvalue weighted by molar-refractivity contribution is 0.281. The first-order valence-electron chi connectivity index (χ1n) is 7.05. The molecule has 0 fully saturated rings. The number of rotatable bonds is 9. The zero-order valence-electron chi connectivity index (χ0n) is 12.5. The number of aliphatic hydroxyl groups excluding tert-OH is 1. The van der Waals surface area contributed by atoms with E-state index in [1.807, 2.05) is 0 Å². The number of aliphatic hydroxyl groups is 1. The van der Waals surface area contributed by atoms with E-state index < -0.39 is 10.0 Å². The van der Waals surface area contributed by atoms with Crippen LogP contribution in [-0.2, 0) is 16.6 Å². The van der Waals surface area contributed by atoms with Gasteiger partial charge in [0.1, 0.15) is 0 Å². The molecule has 2 N–H and O–H groups in total. The van der Waals surface area contributed by atoms with Crippen LogP contribution in [-0.4, -0.2) is 44.6 Å². The fourth-order valence-electron chi connectivity index (χ4n) is 1.97. The van der Waals surface area contributed by atoms with E-state index in [1.54, 1.807) is 0 Å². The Morgan fingerprint density at radius 3 is 2.52 bits per heavy atom. The summed E-state index contributed by atoms with van der Waals surface area (Å²) in [6.07, 6.45) is 0.751. The standard InChI is InChI=1S/C14H23ClN2O3S/c1-3-17(4-2)9-5-8-16-21(19,20)13-6-7-14(15)12(10-13)11-18/h6-7,10,16,18H,3-5,8-9,11H2,1-2H3. The molecule has 7 heteroatoms. The van der Waals surface area contributed by atoms with Gasteiger partial charge in [0.05, 0.1) is 11.5 Å². The third kappa shape index (κ3) is 5.56. The highest BCUT2D eigenvalue weighted by molar-refractivity contribution is 7.89. The third-order valence-electron chi connectivity index (χ3n) is 3.34. The Bertz CT molecular complexity index is 545. The second-order valence-corrected chi connectivity index (χ2v) is 6.86. The van der Waals surface area contributed by atoms with Gasteiger partial charge < -0.3 is 10.0 Å². The van der Waals surface area contributed by atoms with Crippen molar-refractivity contribution in [2.45, 2.75) is 31.8 Å². The fourth-order valence-corrected chi connectivity index (χ4v) is 3.27. The second kappa shape index (κ2) is 8.70. The summed E-state index contributed by atoms with van der Waals surface area (Å²) in [5, 5.41) is 9.49. The molecule has 1 aromatic carbocycles. The van der Waals surface area contributed by atoms with E-state index in [0.29, 0.717) is 17.1 Å². The topological polar surface area (TPSA) is 69.6 Å². The Balaban J connectivity index is 2.61. The summed E-state index contributed by atoms with van der Waals surface area (Å²) in [6.45, 7) is 7.04. The van der Waals surface area contributed by atoms with Crippen LogP contribution in [0.25, 0.3) is 0 Å². The maximum absolute atomic E-state index is 12.1. The molecule has 0 radical (unpaired) electrons. The summed E-state index contributed by atoms with van der Waals surface area (Å²) >= 11 is 5.86. The Hall–Kier alpha value is -0.660. The van der Waals surface area contributed by atoms with Crippen LogP contribution in [0.1, 0.15) is 25.8 Å². The molecule has 0 amide bonds. The summed E-state index contributed by atoms with van der Waals surface area (Å²) in [7, 11) is -3.56. The lowest BCUT2D eigenvalue weighted by atomic mass is 10.2. The molecule has 0 spiro atoms. The number of hydrogen-bond donors (Lipinski definition) is 2. The number of sulfonamides is 1. The average molecular weight is 335 g/mol. The van der Waals surface area contributed by atoms with Crippen LogP contribution in [0.5, 0.6) is 0 Å². The van der Waals surface area contributed by atoms with Crippen molar-refractivity contribution >= 4 is 21.6 Å². The van der Waals surface area contributed by atoms with Gasteiger partial charge >= 0.3 is 0 Å². The Kier molecular flexibility index (Phi) is 7.62. The van der Waals surface area contributed by atoms with E-state index >= 15 is 0 Å². The zero-order valence-corrected chi connectivity index (χ0v) is 14.0. The van der Waals surface area contributed by atoms with E-state index in [1.165, 1.54) is 18.2 Å². The molecule has 0 saturated heterocycles. The monoisotopic (exact) mass is 334 g/mol. The Labute approximate surface area is 132 Å². The molecule has 120 valence electrons. The highest BCUT2D eigenvalue weighted by Gasteiger charge is 2.15. The molecule has 5 nitrogen and oxygen atoms in total. The van der Waals surface area contributed by atoms with Crippen LogP contribution in [0.3, 0.4) is 0 Å². The van der Waals surface area contributed by atoms with Crippen molar-refractivity contribution in [3.8, 4) is 0 Å². The van der Waals surface area contributed by atoms with Gasteiger partial charge in [-0.05, 0) is 49.8 Å². The maximum Gasteiger partial charge on any atom is 0.240 e. The average Bonchev–Trinajstić information content (AvgIpc) is 2.47. The predicted octanol–water partition coefficient (Wildman–Crippen LogP) is 1.84. The number of hydrogen-bond acceptors (Lipinski definition) is 4. The van der Waals surface area contributed by atoms with Gasteiger partial charge in [0, 0.05) is 11.6 Å². The molecule has 1 aromatic rings. The molecule has 0 heterocycles. The minimum absolute atomic E-state index is 0.124. The van der Waals surface area contributed by atoms with Crippen molar-refractivity contribution in [1.82, 2.24) is 9.62 Å². The number of halogens is 1. The maximum atomic E-state index is 12.1. The van der Waals surface area contributed by atoms with Gasteiger partial charge in [0.25, 0.3) is 0 Å². The van der Waals surface area contributed by atoms with Crippen LogP contribution >= 0.6 is 11.6 Å². The number of nitrogens with zero attached hydrogens (tertiary/aromatic N) is 1. The predicted molar refractivity (Wildman–Crippen MR) is 85.0 cm³/mol. The van der Waals surface area contributed by atoms with E-state index in [9.17, 15) is 8.42 Å². The minimum Gasteiger partial charge on any atom is -0.392 e. The van der Waals surface area contributed by atoms with Gasteiger partial charge in [-0.15, -0.1) is 0 Å². The molecular formula is C14H23ClN2O3S. The van der Waals surface area contributed by atoms with Crippen LogP contribution < -0.4 is 4.72 Å². The van der Waals surface area contributed by atoms with E-state index in [0.717, 1.165) is 26.1 Å². The van der Waals surface area contributed by atoms with Crippen molar-refractivity contribution in [3.63, 3.8) is 0 Å². The molecule has 0 aliphatic rings. The molecule has 0 aliphatic heterocycles. The normalized spacial score (nSPS) is 12.0. The van der Waals surface area contributed by atoms with E-state index in [-0.39, 0.29) is 11.5 Å². The molecule has 21 heavy (non-hydrogen) atoms. The van der Waals surface area contributed by atoms with Gasteiger partial charge in [-0.2, -0.15) is 0 Å². The summed E-state index contributed by atoms with van der Waals surface area (Å²) in [5.41, 5.74) is 0.405. The molecule has 0 bridgehead atoms. The van der Waals surface area contributed by atoms with Crippen LogP contribution in [0.4, 0.5) is 0 Å². The summed E-state index contributed by atoms with van der Waals surface area (Å²) in [6, 6.07) is 4.32. The van der Waals surface area contributed by atoms with E-state index in [4.69, 9.17) is 16.7 Å². The van der Waals surface area contributed by atoms with Crippen LogP contribution in [0.2, 0.25) is 5.02 Å². The fraction of sp³-hybridized carbons (Fsp3) is 0.571. The first-order valence-corrected chi connectivity index (χ1v) is 8.92. The van der Waals surface area contributed by atoms with Gasteiger partial charge in [0.2, 0.25) is 10.0 Å². The van der Waals surface area contributed by atoms with Gasteiger partial charge in [-0.1, -0.05) is 25.4 Å². The minimum atomic E-state index is -3.56. The number of benzene rings is 1. The second-order valence-electron chi connectivity index (χ2n) is 4.69. The smallest absolute Gasteiger partial charge is 0.240 e. The molecule has 0 unspecified atom stereocenters. The molecule has 0 aliphatic carbocycles. The van der Waals surface area contributed by atoms with Crippen LogP contribution in [0, 0.1) is 0 Å². The van der Waals surface area contributed by atoms with Crippen molar-refractivity contribution < 1.29 is 13.5 Å². The van der Waals surface area contributed by atoms with Gasteiger partial charge in [-0.25, -0.2) is 13.1 Å². The third-order valence-corrected chi connectivity index (χ3v) is 5.16. The zero-order chi connectivity index (χ0) is 15.9. The highest BCUT2D eigenvalue weighted by Crippen LogP contribution is 2.20.